The van der Waals surface area contributed by atoms with Gasteiger partial charge in [-0.15, -0.1) is 0 Å². The Morgan fingerprint density at radius 1 is 1.29 bits per heavy atom. The van der Waals surface area contributed by atoms with E-state index in [1.807, 2.05) is 7.05 Å². The zero-order chi connectivity index (χ0) is 10.9. The summed E-state index contributed by atoms with van der Waals surface area (Å²) in [6.07, 6.45) is 1.30. The zero-order valence-corrected chi connectivity index (χ0v) is 10.2. The second-order valence-electron chi connectivity index (χ2n) is 4.45. The molecule has 1 saturated heterocycles. The number of sulfonamides is 1. The lowest BCUT2D eigenvalue weighted by atomic mass is 10.0. The van der Waals surface area contributed by atoms with Crippen molar-refractivity contribution in [2.45, 2.75) is 19.9 Å². The molecular formula is C9H20N2O2S. The standard InChI is InChI=1S/C9H20N2O2S/c1-8(2)9-7-10(3)5-6-11(9)14(4,12)13/h8-9H,5-7H2,1-4H3. The minimum Gasteiger partial charge on any atom is -0.303 e. The van der Waals surface area contributed by atoms with Crippen LogP contribution in [0.1, 0.15) is 13.8 Å². The van der Waals surface area contributed by atoms with Gasteiger partial charge in [0.15, 0.2) is 0 Å². The Hall–Kier alpha value is -0.130. The van der Waals surface area contributed by atoms with Gasteiger partial charge in [-0.3, -0.25) is 0 Å². The van der Waals surface area contributed by atoms with E-state index in [0.717, 1.165) is 13.1 Å². The van der Waals surface area contributed by atoms with Gasteiger partial charge >= 0.3 is 0 Å². The Kier molecular flexibility index (Phi) is 3.55. The molecule has 84 valence electrons. The maximum Gasteiger partial charge on any atom is 0.211 e. The van der Waals surface area contributed by atoms with E-state index in [1.54, 1.807) is 4.31 Å². The molecule has 4 nitrogen and oxygen atoms in total. The van der Waals surface area contributed by atoms with Crippen molar-refractivity contribution in [2.75, 3.05) is 32.9 Å². The normalized spacial score (nSPS) is 27.1. The molecule has 1 atom stereocenters. The van der Waals surface area contributed by atoms with Crippen LogP contribution in [0.5, 0.6) is 0 Å². The van der Waals surface area contributed by atoms with Gasteiger partial charge in [0, 0.05) is 25.7 Å². The summed E-state index contributed by atoms with van der Waals surface area (Å²) < 4.78 is 24.7. The highest BCUT2D eigenvalue weighted by molar-refractivity contribution is 7.88. The van der Waals surface area contributed by atoms with Crippen LogP contribution in [0.25, 0.3) is 0 Å². The average molecular weight is 220 g/mol. The quantitative estimate of drug-likeness (QED) is 0.668. The molecule has 0 radical (unpaired) electrons. The van der Waals surface area contributed by atoms with E-state index in [2.05, 4.69) is 18.7 Å². The third-order valence-electron chi connectivity index (χ3n) is 2.77. The zero-order valence-electron chi connectivity index (χ0n) is 9.40. The molecular weight excluding hydrogens is 200 g/mol. The van der Waals surface area contributed by atoms with Crippen LogP contribution in [0.3, 0.4) is 0 Å². The minimum absolute atomic E-state index is 0.128. The fourth-order valence-corrected chi connectivity index (χ4v) is 3.11. The van der Waals surface area contributed by atoms with Crippen LogP contribution in [0.2, 0.25) is 0 Å². The van der Waals surface area contributed by atoms with Crippen molar-refractivity contribution in [3.8, 4) is 0 Å². The summed E-state index contributed by atoms with van der Waals surface area (Å²) in [6.45, 7) is 6.43. The SMILES string of the molecule is CC(C)C1CN(C)CCN1S(C)(=O)=O. The van der Waals surface area contributed by atoms with E-state index in [0.29, 0.717) is 12.5 Å². The fourth-order valence-electron chi connectivity index (χ4n) is 1.89. The van der Waals surface area contributed by atoms with E-state index >= 15 is 0 Å². The Balaban J connectivity index is 2.83. The largest absolute Gasteiger partial charge is 0.303 e. The van der Waals surface area contributed by atoms with Gasteiger partial charge in [-0.25, -0.2) is 8.42 Å². The summed E-state index contributed by atoms with van der Waals surface area (Å²) in [6, 6.07) is 0.128. The summed E-state index contributed by atoms with van der Waals surface area (Å²) in [5.74, 6) is 0.368. The van der Waals surface area contributed by atoms with Crippen molar-refractivity contribution in [3.63, 3.8) is 0 Å². The lowest BCUT2D eigenvalue weighted by molar-refractivity contribution is 0.130. The molecule has 5 heteroatoms. The van der Waals surface area contributed by atoms with Crippen LogP contribution >= 0.6 is 0 Å². The van der Waals surface area contributed by atoms with Gasteiger partial charge in [0.05, 0.1) is 6.26 Å². The lowest BCUT2D eigenvalue weighted by Gasteiger charge is -2.40. The smallest absolute Gasteiger partial charge is 0.211 e. The molecule has 0 spiro atoms. The van der Waals surface area contributed by atoms with Crippen molar-refractivity contribution in [1.29, 1.82) is 0 Å². The summed E-state index contributed by atoms with van der Waals surface area (Å²) in [5.41, 5.74) is 0. The Bertz CT molecular complexity index is 287. The van der Waals surface area contributed by atoms with E-state index in [1.165, 1.54) is 6.26 Å². The van der Waals surface area contributed by atoms with Crippen molar-refractivity contribution in [1.82, 2.24) is 9.21 Å². The molecule has 1 aliphatic heterocycles. The Morgan fingerprint density at radius 3 is 2.29 bits per heavy atom. The van der Waals surface area contributed by atoms with Gasteiger partial charge in [0.2, 0.25) is 10.0 Å². The summed E-state index contributed by atoms with van der Waals surface area (Å²) in [5, 5.41) is 0. The first-order valence-corrected chi connectivity index (χ1v) is 6.82. The van der Waals surface area contributed by atoms with Gasteiger partial charge in [-0.1, -0.05) is 13.8 Å². The number of hydrogen-bond donors (Lipinski definition) is 0. The van der Waals surface area contributed by atoms with Gasteiger partial charge in [-0.2, -0.15) is 4.31 Å². The minimum atomic E-state index is -3.04. The molecule has 0 aromatic rings. The second-order valence-corrected chi connectivity index (χ2v) is 6.38. The maximum atomic E-state index is 11.5. The van der Waals surface area contributed by atoms with Gasteiger partial charge < -0.3 is 4.90 Å². The third kappa shape index (κ3) is 2.68. The van der Waals surface area contributed by atoms with Crippen molar-refractivity contribution in [3.05, 3.63) is 0 Å². The highest BCUT2D eigenvalue weighted by Crippen LogP contribution is 2.18. The van der Waals surface area contributed by atoms with E-state index in [-0.39, 0.29) is 6.04 Å². The number of rotatable bonds is 2. The molecule has 1 aliphatic rings. The third-order valence-corrected chi connectivity index (χ3v) is 4.07. The van der Waals surface area contributed by atoms with Crippen LogP contribution in [0.4, 0.5) is 0 Å². The van der Waals surface area contributed by atoms with Gasteiger partial charge in [0.1, 0.15) is 0 Å². The van der Waals surface area contributed by atoms with Crippen LogP contribution in [0, 0.1) is 5.92 Å². The number of nitrogens with zero attached hydrogens (tertiary/aromatic N) is 2. The van der Waals surface area contributed by atoms with E-state index < -0.39 is 10.0 Å². The van der Waals surface area contributed by atoms with Crippen molar-refractivity contribution in [2.24, 2.45) is 5.92 Å². The average Bonchev–Trinajstić information content (AvgIpc) is 2.01. The van der Waals surface area contributed by atoms with E-state index in [4.69, 9.17) is 0 Å². The molecule has 0 aromatic carbocycles. The molecule has 1 heterocycles. The highest BCUT2D eigenvalue weighted by atomic mass is 32.2. The van der Waals surface area contributed by atoms with Crippen LogP contribution < -0.4 is 0 Å². The molecule has 0 N–H and O–H groups in total. The number of likely N-dealkylation sites (N-methyl/N-ethyl adjacent to an activating group) is 1. The lowest BCUT2D eigenvalue weighted by Crippen LogP contribution is -2.55. The first-order chi connectivity index (χ1) is 6.32. The molecule has 0 saturated carbocycles. The number of piperazine rings is 1. The fraction of sp³-hybridized carbons (Fsp3) is 1.00. The van der Waals surface area contributed by atoms with Crippen LogP contribution in [-0.2, 0) is 10.0 Å². The molecule has 1 rings (SSSR count). The Labute approximate surface area is 86.9 Å². The molecule has 0 aromatic heterocycles. The molecule has 0 amide bonds. The Morgan fingerprint density at radius 2 is 1.86 bits per heavy atom. The molecule has 1 fully saturated rings. The van der Waals surface area contributed by atoms with E-state index in [9.17, 15) is 8.42 Å². The molecule has 14 heavy (non-hydrogen) atoms. The predicted octanol–water partition coefficient (Wildman–Crippen LogP) is 0.218. The van der Waals surface area contributed by atoms with Gasteiger partial charge in [0.25, 0.3) is 0 Å². The summed E-state index contributed by atoms with van der Waals surface area (Å²) in [7, 11) is -1.00. The van der Waals surface area contributed by atoms with Crippen LogP contribution in [0.15, 0.2) is 0 Å². The maximum absolute atomic E-state index is 11.5. The first-order valence-electron chi connectivity index (χ1n) is 4.97. The van der Waals surface area contributed by atoms with Crippen molar-refractivity contribution < 1.29 is 8.42 Å². The topological polar surface area (TPSA) is 40.6 Å². The predicted molar refractivity (Wildman–Crippen MR) is 57.7 cm³/mol. The molecule has 0 aliphatic carbocycles. The summed E-state index contributed by atoms with van der Waals surface area (Å²) >= 11 is 0. The second kappa shape index (κ2) is 4.16. The van der Waals surface area contributed by atoms with Crippen molar-refractivity contribution >= 4 is 10.0 Å². The highest BCUT2D eigenvalue weighted by Gasteiger charge is 2.33. The first kappa shape index (κ1) is 11.9. The molecule has 0 bridgehead atoms. The van der Waals surface area contributed by atoms with Gasteiger partial charge in [-0.05, 0) is 13.0 Å². The summed E-state index contributed by atoms with van der Waals surface area (Å²) in [4.78, 5) is 2.19. The monoisotopic (exact) mass is 220 g/mol. The molecule has 1 unspecified atom stereocenters. The van der Waals surface area contributed by atoms with Crippen LogP contribution in [-0.4, -0.2) is 56.6 Å². The number of hydrogen-bond acceptors (Lipinski definition) is 3.